The van der Waals surface area contributed by atoms with Crippen LogP contribution in [0.15, 0.2) is 83.7 Å². The van der Waals surface area contributed by atoms with Crippen LogP contribution in [-0.4, -0.2) is 44.0 Å². The van der Waals surface area contributed by atoms with Gasteiger partial charge in [-0.15, -0.1) is 18.3 Å². The SMILES string of the molecule is CC(C)c1cc(F)ccc1N1C(=O)CSC1=NC(=O)NC1=C(c2ccc(-c3ncn(-c4ccc(OC(F)(F)F)cc4)n3)cc2)CCC1. The molecular weight excluding hydrogens is 636 g/mol. The molecule has 1 aromatic heterocycles. The van der Waals surface area contributed by atoms with Crippen molar-refractivity contribution in [3.8, 4) is 22.8 Å². The second kappa shape index (κ2) is 13.0. The normalized spacial score (nSPS) is 16.1. The maximum atomic E-state index is 14.0. The number of nitrogens with zero attached hydrogens (tertiary/aromatic N) is 5. The van der Waals surface area contributed by atoms with Crippen LogP contribution in [0.25, 0.3) is 22.6 Å². The maximum Gasteiger partial charge on any atom is 0.573 e. The van der Waals surface area contributed by atoms with Crippen LogP contribution in [0.3, 0.4) is 0 Å². The van der Waals surface area contributed by atoms with E-state index in [0.717, 1.165) is 47.0 Å². The summed E-state index contributed by atoms with van der Waals surface area (Å²) in [4.78, 5) is 35.9. The van der Waals surface area contributed by atoms with Gasteiger partial charge in [-0.1, -0.05) is 49.9 Å². The number of benzene rings is 3. The van der Waals surface area contributed by atoms with E-state index in [0.29, 0.717) is 29.2 Å². The predicted molar refractivity (Wildman–Crippen MR) is 171 cm³/mol. The third kappa shape index (κ3) is 7.22. The Balaban J connectivity index is 1.16. The van der Waals surface area contributed by atoms with Crippen LogP contribution in [0.4, 0.5) is 28.0 Å². The molecule has 4 aromatic rings. The molecular formula is C33H28F4N6O3S. The smallest absolute Gasteiger partial charge is 0.406 e. The molecule has 2 heterocycles. The van der Waals surface area contributed by atoms with Gasteiger partial charge in [-0.3, -0.25) is 9.69 Å². The summed E-state index contributed by atoms with van der Waals surface area (Å²) < 4.78 is 56.7. The molecule has 0 spiro atoms. The van der Waals surface area contributed by atoms with Crippen molar-refractivity contribution in [2.24, 2.45) is 4.99 Å². The fraction of sp³-hybridized carbons (Fsp3) is 0.242. The minimum atomic E-state index is -4.77. The number of nitrogens with one attached hydrogen (secondary N) is 1. The highest BCUT2D eigenvalue weighted by Crippen LogP contribution is 2.35. The van der Waals surface area contributed by atoms with Gasteiger partial charge in [0, 0.05) is 11.3 Å². The van der Waals surface area contributed by atoms with Crippen molar-refractivity contribution < 1.29 is 31.9 Å². The number of allylic oxidation sites excluding steroid dienone is 2. The van der Waals surface area contributed by atoms with Crippen molar-refractivity contribution in [2.75, 3.05) is 10.7 Å². The zero-order valence-corrected chi connectivity index (χ0v) is 26.0. The summed E-state index contributed by atoms with van der Waals surface area (Å²) in [5, 5.41) is 7.60. The van der Waals surface area contributed by atoms with Gasteiger partial charge in [0.2, 0.25) is 5.91 Å². The summed E-state index contributed by atoms with van der Waals surface area (Å²) in [6.45, 7) is 3.81. The Labute approximate surface area is 271 Å². The van der Waals surface area contributed by atoms with Gasteiger partial charge < -0.3 is 10.1 Å². The lowest BCUT2D eigenvalue weighted by Gasteiger charge is -2.21. The Bertz CT molecular complexity index is 1890. The zero-order valence-electron chi connectivity index (χ0n) is 25.2. The van der Waals surface area contributed by atoms with Crippen LogP contribution < -0.4 is 15.0 Å². The molecule has 9 nitrogen and oxygen atoms in total. The molecule has 1 aliphatic heterocycles. The fourth-order valence-electron chi connectivity index (χ4n) is 5.46. The lowest BCUT2D eigenvalue weighted by atomic mass is 10.0. The predicted octanol–water partition coefficient (Wildman–Crippen LogP) is 7.84. The van der Waals surface area contributed by atoms with Gasteiger partial charge in [0.15, 0.2) is 11.0 Å². The minimum Gasteiger partial charge on any atom is -0.406 e. The lowest BCUT2D eigenvalue weighted by molar-refractivity contribution is -0.274. The van der Waals surface area contributed by atoms with Crippen molar-refractivity contribution in [3.05, 3.63) is 95.7 Å². The number of carbonyl (C=O) groups excluding carboxylic acids is 2. The van der Waals surface area contributed by atoms with Gasteiger partial charge in [0.1, 0.15) is 17.9 Å². The molecule has 2 aliphatic rings. The summed E-state index contributed by atoms with van der Waals surface area (Å²) in [5.74, 6) is -0.477. The average molecular weight is 665 g/mol. The van der Waals surface area contributed by atoms with E-state index >= 15 is 0 Å². The number of rotatable bonds is 7. The molecule has 0 saturated carbocycles. The van der Waals surface area contributed by atoms with Crippen molar-refractivity contribution in [3.63, 3.8) is 0 Å². The monoisotopic (exact) mass is 664 g/mol. The first-order valence-electron chi connectivity index (χ1n) is 14.7. The molecule has 47 heavy (non-hydrogen) atoms. The summed E-state index contributed by atoms with van der Waals surface area (Å²) in [6.07, 6.45) is -1.06. The van der Waals surface area contributed by atoms with Gasteiger partial charge in [-0.25, -0.2) is 18.9 Å². The van der Waals surface area contributed by atoms with Crippen LogP contribution in [0, 0.1) is 5.82 Å². The molecule has 14 heteroatoms. The van der Waals surface area contributed by atoms with Gasteiger partial charge in [-0.05, 0) is 84.3 Å². The Hall–Kier alpha value is -4.98. The second-order valence-corrected chi connectivity index (χ2v) is 12.1. The second-order valence-electron chi connectivity index (χ2n) is 11.1. The Kier molecular flexibility index (Phi) is 8.86. The third-order valence-electron chi connectivity index (χ3n) is 7.61. The van der Waals surface area contributed by atoms with E-state index in [-0.39, 0.29) is 28.5 Å². The number of anilines is 1. The highest BCUT2D eigenvalue weighted by atomic mass is 32.2. The van der Waals surface area contributed by atoms with Crippen LogP contribution in [0.2, 0.25) is 0 Å². The number of aromatic nitrogens is 3. The Morgan fingerprint density at radius 1 is 1.02 bits per heavy atom. The van der Waals surface area contributed by atoms with Crippen LogP contribution in [-0.2, 0) is 4.79 Å². The summed E-state index contributed by atoms with van der Waals surface area (Å²) >= 11 is 1.16. The quantitative estimate of drug-likeness (QED) is 0.202. The van der Waals surface area contributed by atoms with Gasteiger partial charge >= 0.3 is 12.4 Å². The highest BCUT2D eigenvalue weighted by molar-refractivity contribution is 8.15. The van der Waals surface area contributed by atoms with Crippen molar-refractivity contribution >= 4 is 40.1 Å². The number of hydrogen-bond acceptors (Lipinski definition) is 6. The summed E-state index contributed by atoms with van der Waals surface area (Å²) in [6, 6.07) is 16.5. The van der Waals surface area contributed by atoms with E-state index in [1.54, 1.807) is 0 Å². The molecule has 1 N–H and O–H groups in total. The van der Waals surface area contributed by atoms with E-state index < -0.39 is 18.2 Å². The molecule has 0 radical (unpaired) electrons. The summed E-state index contributed by atoms with van der Waals surface area (Å²) in [5.41, 5.74) is 5.02. The molecule has 0 unspecified atom stereocenters. The summed E-state index contributed by atoms with van der Waals surface area (Å²) in [7, 11) is 0. The molecule has 3 aromatic carbocycles. The number of amidine groups is 1. The molecule has 3 amide bonds. The molecule has 1 fully saturated rings. The topological polar surface area (TPSA) is 102 Å². The first-order valence-corrected chi connectivity index (χ1v) is 15.7. The number of ether oxygens (including phenoxy) is 1. The maximum absolute atomic E-state index is 14.0. The molecule has 1 aliphatic carbocycles. The number of carbonyl (C=O) groups is 2. The molecule has 0 bridgehead atoms. The lowest BCUT2D eigenvalue weighted by Crippen LogP contribution is -2.32. The standard InChI is InChI=1S/C33H28F4N6O3S/c1-19(2)26-16-22(34)10-15-28(26)43-29(44)17-47-32(43)40-31(45)39-27-5-3-4-25(27)20-6-8-21(9-7-20)30-38-18-42(41-30)23-11-13-24(14-12-23)46-33(35,36)37/h6-16,18-19H,3-5,17H2,1-2H3,(H,39,45). The van der Waals surface area contributed by atoms with Gasteiger partial charge in [-0.2, -0.15) is 4.99 Å². The van der Waals surface area contributed by atoms with Crippen LogP contribution >= 0.6 is 11.8 Å². The number of thioether (sulfide) groups is 1. The van der Waals surface area contributed by atoms with Crippen molar-refractivity contribution in [1.29, 1.82) is 0 Å². The van der Waals surface area contributed by atoms with Crippen LogP contribution in [0.5, 0.6) is 5.75 Å². The first kappa shape index (κ1) is 32.0. The van der Waals surface area contributed by atoms with Gasteiger partial charge in [0.25, 0.3) is 0 Å². The zero-order chi connectivity index (χ0) is 33.3. The average Bonchev–Trinajstić information content (AvgIpc) is 3.78. The minimum absolute atomic E-state index is 0.0548. The van der Waals surface area contributed by atoms with Crippen LogP contribution in [0.1, 0.15) is 50.2 Å². The fourth-order valence-corrected chi connectivity index (χ4v) is 6.32. The van der Waals surface area contributed by atoms with E-state index in [9.17, 15) is 27.2 Å². The number of urea groups is 1. The van der Waals surface area contributed by atoms with Gasteiger partial charge in [0.05, 0.1) is 17.1 Å². The Morgan fingerprint density at radius 2 is 1.74 bits per heavy atom. The third-order valence-corrected chi connectivity index (χ3v) is 8.53. The van der Waals surface area contributed by atoms with E-state index in [2.05, 4.69) is 25.1 Å². The van der Waals surface area contributed by atoms with Crippen molar-refractivity contribution in [2.45, 2.75) is 45.4 Å². The Morgan fingerprint density at radius 3 is 2.45 bits per heavy atom. The number of alkyl halides is 3. The molecule has 0 atom stereocenters. The van der Waals surface area contributed by atoms with Crippen molar-refractivity contribution in [1.82, 2.24) is 20.1 Å². The number of hydrogen-bond donors (Lipinski definition) is 1. The largest absolute Gasteiger partial charge is 0.573 e. The van der Waals surface area contributed by atoms with E-state index in [1.165, 1.54) is 58.4 Å². The molecule has 6 rings (SSSR count). The van der Waals surface area contributed by atoms with E-state index in [4.69, 9.17) is 0 Å². The molecule has 242 valence electrons. The van der Waals surface area contributed by atoms with E-state index in [1.807, 2.05) is 38.1 Å². The number of halogens is 4. The molecule has 1 saturated heterocycles. The first-order chi connectivity index (χ1) is 22.4. The number of aliphatic imine (C=N–C) groups is 1. The number of amides is 3. The highest BCUT2D eigenvalue weighted by Gasteiger charge is 2.33.